The lowest BCUT2D eigenvalue weighted by Gasteiger charge is -2.35. The summed E-state index contributed by atoms with van der Waals surface area (Å²) in [6.45, 7) is 8.37. The molecule has 1 aromatic heterocycles. The van der Waals surface area contributed by atoms with Gasteiger partial charge in [-0.25, -0.2) is 9.78 Å². The minimum Gasteiger partial charge on any atom is -0.497 e. The Morgan fingerprint density at radius 1 is 1.00 bits per heavy atom. The number of hydrogen-bond donors (Lipinski definition) is 1. The summed E-state index contributed by atoms with van der Waals surface area (Å²) in [6.07, 6.45) is 1.25. The van der Waals surface area contributed by atoms with Gasteiger partial charge in [-0.2, -0.15) is 0 Å². The van der Waals surface area contributed by atoms with Crippen LogP contribution in [0.5, 0.6) is 5.75 Å². The van der Waals surface area contributed by atoms with Gasteiger partial charge in [-0.05, 0) is 75.6 Å². The zero-order chi connectivity index (χ0) is 27.3. The predicted molar refractivity (Wildman–Crippen MR) is 152 cm³/mol. The number of para-hydroxylation sites is 1. The normalized spacial score (nSPS) is 12.2. The molecule has 1 unspecified atom stereocenters. The number of fused-ring (bicyclic) bond motifs is 1. The van der Waals surface area contributed by atoms with E-state index in [-0.39, 0.29) is 11.6 Å². The van der Waals surface area contributed by atoms with Crippen LogP contribution in [-0.4, -0.2) is 39.7 Å². The van der Waals surface area contributed by atoms with Crippen LogP contribution in [0.15, 0.2) is 83.7 Å². The standard InChI is InChI=1S/C31H36N4O3/c1-6-27(34(30(37)33-31(2,3)4)21-20-22-12-8-7-9-13-22)28-32-26-15-11-10-14-25(26)29(36)35(28)23-16-18-24(38-5)19-17-23/h7-19,27H,6,20-21H2,1-5H3,(H,33,37). The Balaban J connectivity index is 1.87. The Bertz CT molecular complexity index is 1440. The van der Waals surface area contributed by atoms with Gasteiger partial charge < -0.3 is 15.0 Å². The minimum absolute atomic E-state index is 0.173. The zero-order valence-corrected chi connectivity index (χ0v) is 22.8. The third-order valence-electron chi connectivity index (χ3n) is 6.42. The molecule has 0 aliphatic rings. The SMILES string of the molecule is CCC(c1nc2ccccc2c(=O)n1-c1ccc(OC)cc1)N(CCc1ccccc1)C(=O)NC(C)(C)C. The van der Waals surface area contributed by atoms with E-state index < -0.39 is 11.6 Å². The number of carbonyl (C=O) groups excluding carboxylic acids is 1. The molecule has 0 aliphatic carbocycles. The van der Waals surface area contributed by atoms with E-state index >= 15 is 0 Å². The molecule has 0 bridgehead atoms. The number of amides is 2. The van der Waals surface area contributed by atoms with Crippen LogP contribution >= 0.6 is 0 Å². The number of benzene rings is 3. The molecule has 0 aliphatic heterocycles. The van der Waals surface area contributed by atoms with Crippen molar-refractivity contribution in [3.8, 4) is 11.4 Å². The number of rotatable bonds is 8. The fourth-order valence-corrected chi connectivity index (χ4v) is 4.58. The summed E-state index contributed by atoms with van der Waals surface area (Å²) in [7, 11) is 1.61. The Labute approximate surface area is 224 Å². The van der Waals surface area contributed by atoms with Crippen molar-refractivity contribution >= 4 is 16.9 Å². The quantitative estimate of drug-likeness (QED) is 0.319. The highest BCUT2D eigenvalue weighted by Crippen LogP contribution is 2.27. The van der Waals surface area contributed by atoms with Crippen molar-refractivity contribution in [2.45, 2.75) is 52.1 Å². The molecular weight excluding hydrogens is 476 g/mol. The Hall–Kier alpha value is -4.13. The first-order valence-corrected chi connectivity index (χ1v) is 13.0. The summed E-state index contributed by atoms with van der Waals surface area (Å²) in [6, 6.07) is 24.1. The molecule has 0 saturated heterocycles. The molecule has 4 rings (SSSR count). The van der Waals surface area contributed by atoms with Crippen molar-refractivity contribution in [3.05, 3.63) is 101 Å². The van der Waals surface area contributed by atoms with Gasteiger partial charge >= 0.3 is 6.03 Å². The fourth-order valence-electron chi connectivity index (χ4n) is 4.58. The topological polar surface area (TPSA) is 76.5 Å². The summed E-state index contributed by atoms with van der Waals surface area (Å²) in [5.74, 6) is 1.22. The molecule has 0 spiro atoms. The molecule has 1 N–H and O–H groups in total. The highest BCUT2D eigenvalue weighted by Gasteiger charge is 2.30. The molecule has 0 saturated carbocycles. The Morgan fingerprint density at radius 3 is 2.29 bits per heavy atom. The number of hydrogen-bond acceptors (Lipinski definition) is 4. The van der Waals surface area contributed by atoms with E-state index in [0.29, 0.717) is 47.6 Å². The second-order valence-electron chi connectivity index (χ2n) is 10.4. The third kappa shape index (κ3) is 6.05. The lowest BCUT2D eigenvalue weighted by Crippen LogP contribution is -2.50. The molecule has 1 heterocycles. The Morgan fingerprint density at radius 2 is 1.66 bits per heavy atom. The van der Waals surface area contributed by atoms with Gasteiger partial charge in [0.1, 0.15) is 11.6 Å². The van der Waals surface area contributed by atoms with E-state index in [1.54, 1.807) is 17.7 Å². The molecule has 0 fully saturated rings. The molecule has 38 heavy (non-hydrogen) atoms. The zero-order valence-electron chi connectivity index (χ0n) is 22.8. The number of nitrogens with one attached hydrogen (secondary N) is 1. The van der Waals surface area contributed by atoms with E-state index in [4.69, 9.17) is 9.72 Å². The summed E-state index contributed by atoms with van der Waals surface area (Å²) < 4.78 is 6.97. The van der Waals surface area contributed by atoms with Gasteiger partial charge in [0.2, 0.25) is 0 Å². The summed E-state index contributed by atoms with van der Waals surface area (Å²) in [5.41, 5.74) is 1.81. The van der Waals surface area contributed by atoms with Gasteiger partial charge in [0.25, 0.3) is 5.56 Å². The van der Waals surface area contributed by atoms with Gasteiger partial charge in [-0.1, -0.05) is 49.4 Å². The number of urea groups is 1. The predicted octanol–water partition coefficient (Wildman–Crippen LogP) is 5.90. The van der Waals surface area contributed by atoms with Gasteiger partial charge in [0, 0.05) is 12.1 Å². The van der Waals surface area contributed by atoms with Crippen molar-refractivity contribution in [3.63, 3.8) is 0 Å². The minimum atomic E-state index is -0.444. The molecule has 7 heteroatoms. The molecular formula is C31H36N4O3. The van der Waals surface area contributed by atoms with Crippen LogP contribution in [0.2, 0.25) is 0 Å². The van der Waals surface area contributed by atoms with Gasteiger partial charge in [-0.3, -0.25) is 9.36 Å². The second kappa shape index (κ2) is 11.5. The lowest BCUT2D eigenvalue weighted by molar-refractivity contribution is 0.161. The van der Waals surface area contributed by atoms with E-state index in [0.717, 1.165) is 5.56 Å². The number of methoxy groups -OCH3 is 1. The largest absolute Gasteiger partial charge is 0.497 e. The van der Waals surface area contributed by atoms with Gasteiger partial charge in [0.05, 0.1) is 29.7 Å². The van der Waals surface area contributed by atoms with Crippen molar-refractivity contribution in [1.82, 2.24) is 19.8 Å². The first kappa shape index (κ1) is 26.9. The maximum Gasteiger partial charge on any atom is 0.318 e. The van der Waals surface area contributed by atoms with Crippen LogP contribution in [0.1, 0.15) is 51.5 Å². The molecule has 0 radical (unpaired) electrons. The summed E-state index contributed by atoms with van der Waals surface area (Å²) in [5, 5.41) is 3.65. The second-order valence-corrected chi connectivity index (χ2v) is 10.4. The number of nitrogens with zero attached hydrogens (tertiary/aromatic N) is 3. The van der Waals surface area contributed by atoms with Crippen LogP contribution in [-0.2, 0) is 6.42 Å². The van der Waals surface area contributed by atoms with Crippen molar-refractivity contribution < 1.29 is 9.53 Å². The highest BCUT2D eigenvalue weighted by atomic mass is 16.5. The molecule has 198 valence electrons. The van der Waals surface area contributed by atoms with Crippen LogP contribution in [0.4, 0.5) is 4.79 Å². The van der Waals surface area contributed by atoms with E-state index in [1.165, 1.54) is 0 Å². The van der Waals surface area contributed by atoms with E-state index in [1.807, 2.05) is 93.3 Å². The summed E-state index contributed by atoms with van der Waals surface area (Å²) in [4.78, 5) is 34.4. The lowest BCUT2D eigenvalue weighted by atomic mass is 10.1. The van der Waals surface area contributed by atoms with E-state index in [2.05, 4.69) is 17.4 Å². The number of carbonyl (C=O) groups is 1. The van der Waals surface area contributed by atoms with Gasteiger partial charge in [-0.15, -0.1) is 0 Å². The third-order valence-corrected chi connectivity index (χ3v) is 6.42. The van der Waals surface area contributed by atoms with E-state index in [9.17, 15) is 9.59 Å². The highest BCUT2D eigenvalue weighted by molar-refractivity contribution is 5.78. The maximum atomic E-state index is 13.9. The van der Waals surface area contributed by atoms with Crippen LogP contribution in [0, 0.1) is 0 Å². The molecule has 3 aromatic carbocycles. The number of ether oxygens (including phenoxy) is 1. The molecule has 1 atom stereocenters. The van der Waals surface area contributed by atoms with Crippen molar-refractivity contribution in [1.29, 1.82) is 0 Å². The maximum absolute atomic E-state index is 13.9. The average Bonchev–Trinajstić information content (AvgIpc) is 2.91. The first-order valence-electron chi connectivity index (χ1n) is 13.0. The monoisotopic (exact) mass is 512 g/mol. The fraction of sp³-hybridized carbons (Fsp3) is 0.323. The smallest absolute Gasteiger partial charge is 0.318 e. The molecule has 4 aromatic rings. The molecule has 7 nitrogen and oxygen atoms in total. The number of aromatic nitrogens is 2. The van der Waals surface area contributed by atoms with Crippen LogP contribution < -0.4 is 15.6 Å². The van der Waals surface area contributed by atoms with Crippen molar-refractivity contribution in [2.75, 3.05) is 13.7 Å². The van der Waals surface area contributed by atoms with Crippen molar-refractivity contribution in [2.24, 2.45) is 0 Å². The summed E-state index contributed by atoms with van der Waals surface area (Å²) >= 11 is 0. The van der Waals surface area contributed by atoms with Gasteiger partial charge in [0.15, 0.2) is 0 Å². The first-order chi connectivity index (χ1) is 18.2. The van der Waals surface area contributed by atoms with Crippen LogP contribution in [0.25, 0.3) is 16.6 Å². The Kier molecular flexibility index (Phi) is 8.15. The van der Waals surface area contributed by atoms with Crippen LogP contribution in [0.3, 0.4) is 0 Å². The average molecular weight is 513 g/mol. The molecule has 2 amide bonds.